The van der Waals surface area contributed by atoms with Crippen LogP contribution in [-0.4, -0.2) is 5.91 Å². The summed E-state index contributed by atoms with van der Waals surface area (Å²) < 4.78 is 40.5. The molecule has 5 heteroatoms. The van der Waals surface area contributed by atoms with Gasteiger partial charge in [0.05, 0.1) is 5.56 Å². The summed E-state index contributed by atoms with van der Waals surface area (Å²) in [5, 5.41) is 4.59. The van der Waals surface area contributed by atoms with Gasteiger partial charge in [0.25, 0.3) is 0 Å². The molecule has 0 aromatic heterocycles. The van der Waals surface area contributed by atoms with Crippen molar-refractivity contribution in [3.63, 3.8) is 0 Å². The Morgan fingerprint density at radius 3 is 2.44 bits per heavy atom. The Labute approximate surface area is 142 Å². The normalized spacial score (nSPS) is 17.2. The van der Waals surface area contributed by atoms with Crippen LogP contribution in [0.15, 0.2) is 60.7 Å². The van der Waals surface area contributed by atoms with Gasteiger partial charge in [-0.3, -0.25) is 4.79 Å². The number of benzene rings is 3. The molecule has 3 aromatic rings. The third-order valence-corrected chi connectivity index (χ3v) is 4.62. The average Bonchev–Trinajstić information content (AvgIpc) is 2.60. The molecule has 1 amide bonds. The van der Waals surface area contributed by atoms with Crippen molar-refractivity contribution in [1.29, 1.82) is 0 Å². The SMILES string of the molecule is O=C1C[C@H](c2ccccc2C(F)(F)F)c2c(ccc3ccccc23)N1. The largest absolute Gasteiger partial charge is 0.416 e. The van der Waals surface area contributed by atoms with Crippen molar-refractivity contribution in [3.05, 3.63) is 77.4 Å². The van der Waals surface area contributed by atoms with E-state index >= 15 is 0 Å². The first-order chi connectivity index (χ1) is 11.9. The zero-order valence-corrected chi connectivity index (χ0v) is 13.1. The number of carbonyl (C=O) groups excluding carboxylic acids is 1. The summed E-state index contributed by atoms with van der Waals surface area (Å²) in [4.78, 5) is 12.1. The lowest BCUT2D eigenvalue weighted by Gasteiger charge is -2.29. The molecule has 1 heterocycles. The van der Waals surface area contributed by atoms with Gasteiger partial charge in [-0.1, -0.05) is 48.5 Å². The van der Waals surface area contributed by atoms with Crippen LogP contribution in [0.25, 0.3) is 10.8 Å². The Morgan fingerprint density at radius 2 is 1.64 bits per heavy atom. The first kappa shape index (κ1) is 15.7. The molecule has 1 N–H and O–H groups in total. The van der Waals surface area contributed by atoms with Crippen molar-refractivity contribution in [2.24, 2.45) is 0 Å². The minimum atomic E-state index is -4.46. The van der Waals surface area contributed by atoms with Gasteiger partial charge in [0.2, 0.25) is 5.91 Å². The van der Waals surface area contributed by atoms with Crippen LogP contribution in [0.3, 0.4) is 0 Å². The smallest absolute Gasteiger partial charge is 0.326 e. The van der Waals surface area contributed by atoms with Crippen molar-refractivity contribution in [2.75, 3.05) is 5.32 Å². The molecule has 0 saturated carbocycles. The van der Waals surface area contributed by atoms with Crippen LogP contribution in [0.1, 0.15) is 29.0 Å². The Balaban J connectivity index is 2.00. The van der Waals surface area contributed by atoms with Crippen LogP contribution >= 0.6 is 0 Å². The topological polar surface area (TPSA) is 29.1 Å². The summed E-state index contributed by atoms with van der Waals surface area (Å²) in [6, 6.07) is 16.7. The van der Waals surface area contributed by atoms with E-state index in [1.54, 1.807) is 12.1 Å². The molecule has 126 valence electrons. The molecule has 3 aromatic carbocycles. The van der Waals surface area contributed by atoms with Crippen molar-refractivity contribution in [2.45, 2.75) is 18.5 Å². The number of amides is 1. The van der Waals surface area contributed by atoms with Gasteiger partial charge < -0.3 is 5.32 Å². The standard InChI is InChI=1S/C20H14F3NO/c21-20(22,23)16-8-4-3-7-14(16)15-11-18(25)24-17-10-9-12-5-1-2-6-13(12)19(15)17/h1-10,15H,11H2,(H,24,25)/t15-/m1/s1. The van der Waals surface area contributed by atoms with Crippen LogP contribution in [0.5, 0.6) is 0 Å². The van der Waals surface area contributed by atoms with Crippen LogP contribution < -0.4 is 5.32 Å². The van der Waals surface area contributed by atoms with Crippen molar-refractivity contribution in [3.8, 4) is 0 Å². The predicted octanol–water partition coefficient (Wildman–Crippen LogP) is 5.33. The van der Waals surface area contributed by atoms with E-state index in [9.17, 15) is 18.0 Å². The highest BCUT2D eigenvalue weighted by Crippen LogP contribution is 2.45. The third-order valence-electron chi connectivity index (χ3n) is 4.62. The van der Waals surface area contributed by atoms with Crippen molar-refractivity contribution >= 4 is 22.4 Å². The van der Waals surface area contributed by atoms with E-state index < -0.39 is 17.7 Å². The zero-order chi connectivity index (χ0) is 17.6. The summed E-state index contributed by atoms with van der Waals surface area (Å²) in [7, 11) is 0. The highest BCUT2D eigenvalue weighted by Gasteiger charge is 2.38. The Morgan fingerprint density at radius 1 is 0.920 bits per heavy atom. The number of anilines is 1. The third kappa shape index (κ3) is 2.65. The molecule has 0 spiro atoms. The van der Waals surface area contributed by atoms with Gasteiger partial charge in [-0.05, 0) is 34.0 Å². The number of rotatable bonds is 1. The molecule has 0 bridgehead atoms. The van der Waals surface area contributed by atoms with Crippen LogP contribution in [0, 0.1) is 0 Å². The van der Waals surface area contributed by atoms with E-state index in [1.807, 2.05) is 30.3 Å². The fourth-order valence-corrected chi connectivity index (χ4v) is 3.59. The number of carbonyl (C=O) groups is 1. The van der Waals surface area contributed by atoms with Crippen LogP contribution in [0.2, 0.25) is 0 Å². The molecule has 0 fully saturated rings. The van der Waals surface area contributed by atoms with Crippen LogP contribution in [0.4, 0.5) is 18.9 Å². The number of nitrogens with one attached hydrogen (secondary N) is 1. The van der Waals surface area contributed by atoms with Crippen molar-refractivity contribution in [1.82, 2.24) is 0 Å². The second-order valence-corrected chi connectivity index (χ2v) is 6.14. The van der Waals surface area contributed by atoms with Gasteiger partial charge >= 0.3 is 6.18 Å². The van der Waals surface area contributed by atoms with E-state index in [2.05, 4.69) is 5.32 Å². The summed E-state index contributed by atoms with van der Waals surface area (Å²) in [5.74, 6) is -0.905. The maximum atomic E-state index is 13.5. The minimum absolute atomic E-state index is 0.00585. The monoisotopic (exact) mass is 341 g/mol. The Hall–Kier alpha value is -2.82. The second-order valence-electron chi connectivity index (χ2n) is 6.14. The highest BCUT2D eigenvalue weighted by molar-refractivity contribution is 6.01. The maximum absolute atomic E-state index is 13.5. The summed E-state index contributed by atoms with van der Waals surface area (Å²) in [6.07, 6.45) is -4.47. The number of fused-ring (bicyclic) bond motifs is 3. The summed E-state index contributed by atoms with van der Waals surface area (Å²) >= 11 is 0. The number of hydrogen-bond acceptors (Lipinski definition) is 1. The number of alkyl halides is 3. The molecule has 1 aliphatic heterocycles. The quantitative estimate of drug-likeness (QED) is 0.636. The van der Waals surface area contributed by atoms with Gasteiger partial charge in [-0.2, -0.15) is 13.2 Å². The summed E-state index contributed by atoms with van der Waals surface area (Å²) in [5.41, 5.74) is 0.780. The molecular formula is C20H14F3NO. The van der Waals surface area contributed by atoms with E-state index in [4.69, 9.17) is 0 Å². The Kier molecular flexibility index (Phi) is 3.53. The lowest BCUT2D eigenvalue weighted by atomic mass is 9.80. The lowest BCUT2D eigenvalue weighted by Crippen LogP contribution is -2.25. The average molecular weight is 341 g/mol. The molecular weight excluding hydrogens is 327 g/mol. The Bertz CT molecular complexity index is 978. The van der Waals surface area contributed by atoms with Crippen LogP contribution in [-0.2, 0) is 11.0 Å². The van der Waals surface area contributed by atoms with Gasteiger partial charge in [0.15, 0.2) is 0 Å². The van der Waals surface area contributed by atoms with Gasteiger partial charge in [-0.15, -0.1) is 0 Å². The molecule has 0 unspecified atom stereocenters. The minimum Gasteiger partial charge on any atom is -0.326 e. The molecule has 2 nitrogen and oxygen atoms in total. The van der Waals surface area contributed by atoms with E-state index in [0.29, 0.717) is 5.69 Å². The molecule has 1 atom stereocenters. The van der Waals surface area contributed by atoms with Gasteiger partial charge in [-0.25, -0.2) is 0 Å². The molecule has 0 radical (unpaired) electrons. The molecule has 0 saturated heterocycles. The maximum Gasteiger partial charge on any atom is 0.416 e. The fourth-order valence-electron chi connectivity index (χ4n) is 3.59. The van der Waals surface area contributed by atoms with Crippen molar-refractivity contribution < 1.29 is 18.0 Å². The zero-order valence-electron chi connectivity index (χ0n) is 13.1. The predicted molar refractivity (Wildman–Crippen MR) is 90.5 cm³/mol. The highest BCUT2D eigenvalue weighted by atomic mass is 19.4. The van der Waals surface area contributed by atoms with E-state index in [0.717, 1.165) is 22.4 Å². The molecule has 4 rings (SSSR count). The fraction of sp³-hybridized carbons (Fsp3) is 0.150. The lowest BCUT2D eigenvalue weighted by molar-refractivity contribution is -0.138. The molecule has 0 aliphatic carbocycles. The molecule has 25 heavy (non-hydrogen) atoms. The first-order valence-corrected chi connectivity index (χ1v) is 7.93. The second kappa shape index (κ2) is 5.62. The number of halogens is 3. The summed E-state index contributed by atoms with van der Waals surface area (Å²) in [6.45, 7) is 0. The molecule has 1 aliphatic rings. The first-order valence-electron chi connectivity index (χ1n) is 7.93. The van der Waals surface area contributed by atoms with Gasteiger partial charge in [0.1, 0.15) is 0 Å². The number of hydrogen-bond donors (Lipinski definition) is 1. The van der Waals surface area contributed by atoms with Gasteiger partial charge in [0, 0.05) is 18.0 Å². The van der Waals surface area contributed by atoms with E-state index in [1.165, 1.54) is 12.1 Å². The van der Waals surface area contributed by atoms with E-state index in [-0.39, 0.29) is 17.9 Å².